The molecule has 0 fully saturated rings. The molecule has 0 saturated heterocycles. The summed E-state index contributed by atoms with van der Waals surface area (Å²) in [4.78, 5) is 16.8. The molecule has 0 radical (unpaired) electrons. The summed E-state index contributed by atoms with van der Waals surface area (Å²) in [5, 5.41) is 9.14. The molecule has 0 aliphatic rings. The van der Waals surface area contributed by atoms with E-state index >= 15 is 0 Å². The molecule has 1 aromatic carbocycles. The van der Waals surface area contributed by atoms with Gasteiger partial charge < -0.3 is 14.9 Å². The lowest BCUT2D eigenvalue weighted by molar-refractivity contribution is -0.0387. The maximum Gasteiger partial charge on any atom is 0.472 e. The molecule has 13 heavy (non-hydrogen) atoms. The molecule has 0 saturated carbocycles. The molecule has 0 aromatic heterocycles. The maximum atomic E-state index is 10.3. The lowest BCUT2D eigenvalue weighted by Gasteiger charge is -2.11. The average Bonchev–Trinajstić information content (AvgIpc) is 2.03. The monoisotopic (exact) mass is 204 g/mol. The first-order valence-corrected chi connectivity index (χ1v) is 4.99. The zero-order valence-electron chi connectivity index (χ0n) is 6.57. The first-order valence-electron chi connectivity index (χ1n) is 3.46. The Morgan fingerprint density at radius 3 is 2.23 bits per heavy atom. The van der Waals surface area contributed by atoms with Crippen LogP contribution in [0.3, 0.4) is 0 Å². The molecule has 0 amide bonds. The van der Waals surface area contributed by atoms with Crippen LogP contribution in [0, 0.1) is 0 Å². The summed E-state index contributed by atoms with van der Waals surface area (Å²) in [5.41, 5.74) is 0.297. The van der Waals surface area contributed by atoms with E-state index in [0.29, 0.717) is 5.56 Å². The Kier molecular flexibility index (Phi) is 3.19. The van der Waals surface area contributed by atoms with Crippen LogP contribution in [0.5, 0.6) is 0 Å². The highest BCUT2D eigenvalue weighted by Gasteiger charge is 2.20. The van der Waals surface area contributed by atoms with E-state index < -0.39 is 14.1 Å². The zero-order valence-corrected chi connectivity index (χ0v) is 7.46. The van der Waals surface area contributed by atoms with Crippen molar-refractivity contribution in [1.29, 1.82) is 0 Å². The highest BCUT2D eigenvalue weighted by Crippen LogP contribution is 2.41. The Hall–Kier alpha value is -0.710. The van der Waals surface area contributed by atoms with Gasteiger partial charge in [0.2, 0.25) is 0 Å². The molecule has 6 heteroatoms. The highest BCUT2D eigenvalue weighted by molar-refractivity contribution is 7.46. The van der Waals surface area contributed by atoms with Gasteiger partial charge >= 0.3 is 7.82 Å². The van der Waals surface area contributed by atoms with Gasteiger partial charge in [-0.15, -0.1) is 0 Å². The molecule has 1 unspecified atom stereocenters. The fourth-order valence-electron chi connectivity index (χ4n) is 0.809. The van der Waals surface area contributed by atoms with Crippen molar-refractivity contribution in [2.75, 3.05) is 0 Å². The van der Waals surface area contributed by atoms with Crippen LogP contribution in [-0.2, 0) is 9.09 Å². The van der Waals surface area contributed by atoms with Crippen molar-refractivity contribution in [2.24, 2.45) is 0 Å². The summed E-state index contributed by atoms with van der Waals surface area (Å²) in [7, 11) is -4.64. The number of aliphatic hydroxyl groups excluding tert-OH is 1. The lowest BCUT2D eigenvalue weighted by atomic mass is 10.2. The van der Waals surface area contributed by atoms with E-state index in [1.807, 2.05) is 0 Å². The third-order valence-corrected chi connectivity index (χ3v) is 1.80. The predicted octanol–water partition coefficient (Wildman–Crippen LogP) is 0.787. The Labute approximate surface area is 74.8 Å². The molecular weight excluding hydrogens is 195 g/mol. The third kappa shape index (κ3) is 3.67. The number of aliphatic hydroxyl groups is 1. The van der Waals surface area contributed by atoms with Crippen LogP contribution in [-0.4, -0.2) is 14.9 Å². The van der Waals surface area contributed by atoms with E-state index in [0.717, 1.165) is 0 Å². The van der Waals surface area contributed by atoms with Crippen molar-refractivity contribution in [3.63, 3.8) is 0 Å². The summed E-state index contributed by atoms with van der Waals surface area (Å²) >= 11 is 0. The molecule has 1 rings (SSSR count). The van der Waals surface area contributed by atoms with Crippen molar-refractivity contribution in [3.05, 3.63) is 35.9 Å². The lowest BCUT2D eigenvalue weighted by Crippen LogP contribution is -2.00. The number of phosphoric ester groups is 1. The minimum Gasteiger partial charge on any atom is -0.364 e. The van der Waals surface area contributed by atoms with Crippen molar-refractivity contribution in [1.82, 2.24) is 0 Å². The largest absolute Gasteiger partial charge is 0.472 e. The van der Waals surface area contributed by atoms with E-state index in [1.165, 1.54) is 12.1 Å². The standard InChI is InChI=1S/C7H9O5P/c8-7(12-13(9,10)11)6-4-2-1-3-5-6/h1-5,7-8H,(H2,9,10,11). The van der Waals surface area contributed by atoms with Crippen LogP contribution < -0.4 is 0 Å². The second-order valence-electron chi connectivity index (χ2n) is 2.36. The minimum absolute atomic E-state index is 0.297. The molecule has 0 aliphatic heterocycles. The SMILES string of the molecule is O=P(O)(O)OC(O)c1ccccc1. The number of hydrogen-bond donors (Lipinski definition) is 3. The average molecular weight is 204 g/mol. The van der Waals surface area contributed by atoms with Crippen molar-refractivity contribution in [2.45, 2.75) is 6.29 Å². The normalized spacial score (nSPS) is 14.1. The summed E-state index contributed by atoms with van der Waals surface area (Å²) in [6.07, 6.45) is -1.60. The van der Waals surface area contributed by atoms with Crippen LogP contribution in [0.2, 0.25) is 0 Å². The van der Waals surface area contributed by atoms with Gasteiger partial charge in [-0.3, -0.25) is 4.52 Å². The second-order valence-corrected chi connectivity index (χ2v) is 3.55. The molecule has 0 spiro atoms. The highest BCUT2D eigenvalue weighted by atomic mass is 31.2. The predicted molar refractivity (Wildman–Crippen MR) is 44.5 cm³/mol. The fourth-order valence-corrected chi connectivity index (χ4v) is 1.19. The molecule has 0 bridgehead atoms. The fraction of sp³-hybridized carbons (Fsp3) is 0.143. The van der Waals surface area contributed by atoms with Gasteiger partial charge in [0.25, 0.3) is 0 Å². The van der Waals surface area contributed by atoms with E-state index in [9.17, 15) is 4.57 Å². The summed E-state index contributed by atoms with van der Waals surface area (Å²) in [6.45, 7) is 0. The summed E-state index contributed by atoms with van der Waals surface area (Å²) in [6, 6.07) is 7.97. The van der Waals surface area contributed by atoms with Gasteiger partial charge in [-0.2, -0.15) is 0 Å². The van der Waals surface area contributed by atoms with E-state index in [2.05, 4.69) is 4.52 Å². The van der Waals surface area contributed by atoms with Gasteiger partial charge in [-0.05, 0) is 0 Å². The Bertz CT molecular complexity index is 306. The number of rotatable bonds is 3. The molecule has 1 atom stereocenters. The van der Waals surface area contributed by atoms with E-state index in [1.54, 1.807) is 18.2 Å². The van der Waals surface area contributed by atoms with Crippen LogP contribution in [0.25, 0.3) is 0 Å². The third-order valence-electron chi connectivity index (χ3n) is 1.32. The minimum atomic E-state index is -4.64. The van der Waals surface area contributed by atoms with Gasteiger partial charge in [-0.1, -0.05) is 30.3 Å². The number of hydrogen-bond acceptors (Lipinski definition) is 3. The van der Waals surface area contributed by atoms with Gasteiger partial charge in [0, 0.05) is 5.56 Å². The molecule has 0 aliphatic carbocycles. The van der Waals surface area contributed by atoms with Crippen molar-refractivity contribution < 1.29 is 24.0 Å². The summed E-state index contributed by atoms with van der Waals surface area (Å²) in [5.74, 6) is 0. The van der Waals surface area contributed by atoms with Crippen LogP contribution in [0.15, 0.2) is 30.3 Å². The quantitative estimate of drug-likeness (QED) is 0.500. The number of phosphoric acid groups is 1. The van der Waals surface area contributed by atoms with E-state index in [4.69, 9.17) is 14.9 Å². The Morgan fingerprint density at radius 2 is 1.77 bits per heavy atom. The van der Waals surface area contributed by atoms with Crippen LogP contribution >= 0.6 is 7.82 Å². The van der Waals surface area contributed by atoms with Crippen LogP contribution in [0.1, 0.15) is 11.9 Å². The molecule has 0 heterocycles. The molecular formula is C7H9O5P. The topological polar surface area (TPSA) is 87.0 Å². The van der Waals surface area contributed by atoms with Crippen molar-refractivity contribution in [3.8, 4) is 0 Å². The van der Waals surface area contributed by atoms with Gasteiger partial charge in [0.05, 0.1) is 0 Å². The molecule has 5 nitrogen and oxygen atoms in total. The van der Waals surface area contributed by atoms with Crippen LogP contribution in [0.4, 0.5) is 0 Å². The second kappa shape index (κ2) is 4.00. The van der Waals surface area contributed by atoms with Gasteiger partial charge in [0.15, 0.2) is 6.29 Å². The maximum absolute atomic E-state index is 10.3. The van der Waals surface area contributed by atoms with E-state index in [-0.39, 0.29) is 0 Å². The first-order chi connectivity index (χ1) is 5.99. The zero-order chi connectivity index (χ0) is 9.90. The molecule has 72 valence electrons. The molecule has 3 N–H and O–H groups in total. The first kappa shape index (κ1) is 10.4. The smallest absolute Gasteiger partial charge is 0.364 e. The number of benzene rings is 1. The van der Waals surface area contributed by atoms with Gasteiger partial charge in [0.1, 0.15) is 0 Å². The van der Waals surface area contributed by atoms with Crippen molar-refractivity contribution >= 4 is 7.82 Å². The Balaban J connectivity index is 2.70. The van der Waals surface area contributed by atoms with Gasteiger partial charge in [-0.25, -0.2) is 4.57 Å². The Morgan fingerprint density at radius 1 is 1.23 bits per heavy atom. The summed E-state index contributed by atoms with van der Waals surface area (Å²) < 4.78 is 14.4. The molecule has 1 aromatic rings.